The molecule has 2 aromatic carbocycles. The fourth-order valence-electron chi connectivity index (χ4n) is 4.25. The third kappa shape index (κ3) is 5.89. The molecule has 11 heteroatoms. The van der Waals surface area contributed by atoms with Crippen LogP contribution in [-0.4, -0.2) is 46.3 Å². The summed E-state index contributed by atoms with van der Waals surface area (Å²) in [5, 5.41) is 12.4. The first-order valence-electron chi connectivity index (χ1n) is 12.2. The summed E-state index contributed by atoms with van der Waals surface area (Å²) in [6, 6.07) is 16.2. The highest BCUT2D eigenvalue weighted by Gasteiger charge is 2.17. The number of oxazole rings is 1. The largest absolute Gasteiger partial charge is 0.443 e. The Kier molecular flexibility index (Phi) is 7.53. The molecule has 0 fully saturated rings. The number of carbonyl (C=O) groups excluding carboxylic acids is 1. The molecule has 2 N–H and O–H groups in total. The van der Waals surface area contributed by atoms with E-state index in [1.807, 2.05) is 6.07 Å². The lowest BCUT2D eigenvalue weighted by atomic mass is 10.1. The summed E-state index contributed by atoms with van der Waals surface area (Å²) in [5.74, 6) is -0.428. The summed E-state index contributed by atoms with van der Waals surface area (Å²) >= 11 is 0. The molecule has 200 valence electrons. The van der Waals surface area contributed by atoms with Crippen molar-refractivity contribution in [2.24, 2.45) is 0 Å². The molecule has 0 aliphatic heterocycles. The molecule has 0 spiro atoms. The predicted molar refractivity (Wildman–Crippen MR) is 143 cm³/mol. The number of aliphatic hydroxyl groups is 1. The lowest BCUT2D eigenvalue weighted by molar-refractivity contribution is -0.121. The van der Waals surface area contributed by atoms with Crippen molar-refractivity contribution in [2.45, 2.75) is 24.4 Å². The first-order chi connectivity index (χ1) is 18.8. The van der Waals surface area contributed by atoms with E-state index in [0.717, 1.165) is 11.1 Å². The average Bonchev–Trinajstić information content (AvgIpc) is 3.59. The number of hydrogen-bond acceptors (Lipinski definition) is 7. The summed E-state index contributed by atoms with van der Waals surface area (Å²) in [6.07, 6.45) is 4.79. The molecule has 39 heavy (non-hydrogen) atoms. The van der Waals surface area contributed by atoms with E-state index in [4.69, 9.17) is 9.52 Å². The van der Waals surface area contributed by atoms with Crippen LogP contribution in [0.2, 0.25) is 0 Å². The lowest BCUT2D eigenvalue weighted by Crippen LogP contribution is -2.27. The zero-order valence-electron chi connectivity index (χ0n) is 20.7. The van der Waals surface area contributed by atoms with Gasteiger partial charge >= 0.3 is 0 Å². The number of fused-ring (bicyclic) bond motifs is 1. The Labute approximate surface area is 223 Å². The van der Waals surface area contributed by atoms with Gasteiger partial charge < -0.3 is 19.4 Å². The Morgan fingerprint density at radius 1 is 1.03 bits per heavy atom. The van der Waals surface area contributed by atoms with E-state index >= 15 is 0 Å². The van der Waals surface area contributed by atoms with E-state index < -0.39 is 9.84 Å². The van der Waals surface area contributed by atoms with Crippen molar-refractivity contribution >= 4 is 26.6 Å². The monoisotopic (exact) mass is 548 g/mol. The molecule has 5 aromatic rings. The van der Waals surface area contributed by atoms with E-state index in [0.29, 0.717) is 28.2 Å². The molecule has 0 atom stereocenters. The van der Waals surface area contributed by atoms with Gasteiger partial charge in [0.2, 0.25) is 11.8 Å². The minimum Gasteiger partial charge on any atom is -0.443 e. The van der Waals surface area contributed by atoms with E-state index in [1.54, 1.807) is 53.2 Å². The van der Waals surface area contributed by atoms with Crippen LogP contribution in [0.5, 0.6) is 0 Å². The number of halogens is 1. The zero-order chi connectivity index (χ0) is 27.4. The van der Waals surface area contributed by atoms with Gasteiger partial charge in [0.1, 0.15) is 24.3 Å². The number of carbonyl (C=O) groups is 1. The van der Waals surface area contributed by atoms with E-state index in [9.17, 15) is 17.6 Å². The smallest absolute Gasteiger partial charge is 0.243 e. The molecule has 5 rings (SSSR count). The number of pyridine rings is 1. The highest BCUT2D eigenvalue weighted by molar-refractivity contribution is 7.91. The van der Waals surface area contributed by atoms with Gasteiger partial charge in [-0.25, -0.2) is 17.8 Å². The molecule has 0 aliphatic carbocycles. The fraction of sp³-hybridized carbons (Fsp3) is 0.179. The summed E-state index contributed by atoms with van der Waals surface area (Å²) in [4.78, 5) is 21.6. The quantitative estimate of drug-likeness (QED) is 0.270. The third-order valence-corrected chi connectivity index (χ3v) is 8.04. The molecule has 3 heterocycles. The fourth-order valence-corrected chi connectivity index (χ4v) is 5.55. The predicted octanol–water partition coefficient (Wildman–Crippen LogP) is 3.97. The van der Waals surface area contributed by atoms with E-state index in [-0.39, 0.29) is 48.5 Å². The lowest BCUT2D eigenvalue weighted by Gasteiger charge is -2.10. The van der Waals surface area contributed by atoms with Gasteiger partial charge in [0.15, 0.2) is 9.84 Å². The number of hydrogen-bond donors (Lipinski definition) is 2. The maximum Gasteiger partial charge on any atom is 0.243 e. The van der Waals surface area contributed by atoms with Crippen molar-refractivity contribution in [1.82, 2.24) is 19.9 Å². The van der Waals surface area contributed by atoms with Crippen LogP contribution in [0.15, 0.2) is 88.6 Å². The van der Waals surface area contributed by atoms with Crippen LogP contribution in [0, 0.1) is 5.82 Å². The molecule has 0 saturated heterocycles. The number of aromatic nitrogens is 3. The molecule has 0 saturated carbocycles. The Bertz CT molecular complexity index is 1700. The van der Waals surface area contributed by atoms with Crippen LogP contribution in [-0.2, 0) is 27.7 Å². The van der Waals surface area contributed by atoms with Gasteiger partial charge in [0.25, 0.3) is 0 Å². The van der Waals surface area contributed by atoms with Crippen LogP contribution < -0.4 is 5.32 Å². The summed E-state index contributed by atoms with van der Waals surface area (Å²) in [5.41, 5.74) is 3.47. The number of sulfone groups is 1. The molecule has 1 amide bonds. The molecular weight excluding hydrogens is 523 g/mol. The Hall–Kier alpha value is -4.35. The summed E-state index contributed by atoms with van der Waals surface area (Å²) in [6.45, 7) is -0.00839. The highest BCUT2D eigenvalue weighted by Crippen LogP contribution is 2.28. The highest BCUT2D eigenvalue weighted by atomic mass is 32.2. The van der Waals surface area contributed by atoms with Crippen LogP contribution in [0.25, 0.3) is 33.6 Å². The van der Waals surface area contributed by atoms with Gasteiger partial charge in [0.05, 0.1) is 29.1 Å². The molecule has 0 aliphatic rings. The van der Waals surface area contributed by atoms with Gasteiger partial charge in [-0.1, -0.05) is 18.2 Å². The van der Waals surface area contributed by atoms with Crippen molar-refractivity contribution in [3.05, 3.63) is 90.8 Å². The number of nitrogens with zero attached hydrogens (tertiary/aromatic N) is 3. The second-order valence-electron chi connectivity index (χ2n) is 8.89. The second kappa shape index (κ2) is 11.2. The summed E-state index contributed by atoms with van der Waals surface area (Å²) in [7, 11) is -3.44. The molecule has 0 bridgehead atoms. The number of benzene rings is 2. The van der Waals surface area contributed by atoms with E-state index in [1.165, 1.54) is 24.6 Å². The number of rotatable bonds is 10. The van der Waals surface area contributed by atoms with Gasteiger partial charge in [0, 0.05) is 29.3 Å². The van der Waals surface area contributed by atoms with Crippen molar-refractivity contribution in [1.29, 1.82) is 0 Å². The zero-order valence-corrected chi connectivity index (χ0v) is 21.6. The van der Waals surface area contributed by atoms with Crippen LogP contribution >= 0.6 is 0 Å². The number of aliphatic hydroxyl groups excluding tert-OH is 1. The maximum absolute atomic E-state index is 13.8. The number of amides is 1. The van der Waals surface area contributed by atoms with Crippen molar-refractivity contribution < 1.29 is 27.1 Å². The number of nitrogens with one attached hydrogen (secondary N) is 1. The third-order valence-electron chi connectivity index (χ3n) is 6.23. The van der Waals surface area contributed by atoms with Gasteiger partial charge in [-0.2, -0.15) is 0 Å². The average molecular weight is 549 g/mol. The van der Waals surface area contributed by atoms with Crippen molar-refractivity contribution in [3.63, 3.8) is 0 Å². The Morgan fingerprint density at radius 3 is 2.51 bits per heavy atom. The molecular formula is C28H25FN4O5S. The Morgan fingerprint density at radius 2 is 1.82 bits per heavy atom. The molecule has 9 nitrogen and oxygen atoms in total. The van der Waals surface area contributed by atoms with Gasteiger partial charge in [-0.05, 0) is 54.4 Å². The topological polar surface area (TPSA) is 127 Å². The van der Waals surface area contributed by atoms with Crippen LogP contribution in [0.4, 0.5) is 4.39 Å². The SMILES string of the molecule is O=C(Cn1c(-c2ncco2)cc2cc(F)ccc21)NCc1ccc(-c2ccc(S(=O)(=O)CCCO)cc2)cn1. The molecule has 0 radical (unpaired) electrons. The van der Waals surface area contributed by atoms with E-state index in [2.05, 4.69) is 15.3 Å². The normalized spacial score (nSPS) is 11.6. The minimum atomic E-state index is -3.44. The minimum absolute atomic E-state index is 0.0293. The Balaban J connectivity index is 1.24. The first-order valence-corrected chi connectivity index (χ1v) is 13.8. The standard InChI is InChI=1S/C28H25FN4O5S/c29-22-5-9-25-21(14-22)15-26(28-30-10-12-38-28)33(25)18-27(35)32-17-23-6-2-20(16-31-23)19-3-7-24(8-4-19)39(36,37)13-1-11-34/h2-10,12,14-16,34H,1,11,13,17-18H2,(H,32,35). The molecule has 0 unspecified atom stereocenters. The van der Waals surface area contributed by atoms with Crippen LogP contribution in [0.1, 0.15) is 12.1 Å². The first kappa shape index (κ1) is 26.3. The van der Waals surface area contributed by atoms with Crippen molar-refractivity contribution in [3.8, 4) is 22.7 Å². The maximum atomic E-state index is 13.8. The van der Waals surface area contributed by atoms with Gasteiger partial charge in [-0.3, -0.25) is 9.78 Å². The molecule has 3 aromatic heterocycles. The van der Waals surface area contributed by atoms with Gasteiger partial charge in [-0.15, -0.1) is 0 Å². The summed E-state index contributed by atoms with van der Waals surface area (Å²) < 4.78 is 45.5. The van der Waals surface area contributed by atoms with Crippen molar-refractivity contribution in [2.75, 3.05) is 12.4 Å². The van der Waals surface area contributed by atoms with Crippen LogP contribution in [0.3, 0.4) is 0 Å². The second-order valence-corrected chi connectivity index (χ2v) is 11.0.